The molecule has 112 valence electrons. The molecule has 0 saturated carbocycles. The van der Waals surface area contributed by atoms with Gasteiger partial charge in [-0.15, -0.1) is 0 Å². The van der Waals surface area contributed by atoms with Crippen LogP contribution in [0.1, 0.15) is 25.0 Å². The summed E-state index contributed by atoms with van der Waals surface area (Å²) in [7, 11) is 0. The Balaban J connectivity index is 2.05. The standard InChI is InChI=1S/C17H19BrFNO/c1-12(2)20-10-13-5-3-4-6-17(13)21-11-14-7-8-15(18)9-16(14)19/h3-9,12,20H,10-11H2,1-2H3. The Labute approximate surface area is 133 Å². The third kappa shape index (κ3) is 4.83. The Morgan fingerprint density at radius 2 is 1.90 bits per heavy atom. The summed E-state index contributed by atoms with van der Waals surface area (Å²) in [5.74, 6) is 0.523. The maximum Gasteiger partial charge on any atom is 0.130 e. The van der Waals surface area contributed by atoms with Gasteiger partial charge in [0.05, 0.1) is 0 Å². The Hall–Kier alpha value is -1.39. The maximum atomic E-state index is 13.8. The molecule has 0 aliphatic heterocycles. The van der Waals surface area contributed by atoms with E-state index < -0.39 is 0 Å². The number of benzene rings is 2. The minimum Gasteiger partial charge on any atom is -0.488 e. The van der Waals surface area contributed by atoms with Crippen molar-refractivity contribution >= 4 is 15.9 Å². The van der Waals surface area contributed by atoms with E-state index in [1.54, 1.807) is 6.07 Å². The van der Waals surface area contributed by atoms with Crippen LogP contribution in [0.25, 0.3) is 0 Å². The van der Waals surface area contributed by atoms with E-state index in [0.717, 1.165) is 22.3 Å². The molecule has 2 aromatic carbocycles. The zero-order chi connectivity index (χ0) is 15.2. The molecule has 21 heavy (non-hydrogen) atoms. The van der Waals surface area contributed by atoms with Crippen LogP contribution in [-0.2, 0) is 13.2 Å². The van der Waals surface area contributed by atoms with Crippen LogP contribution in [0.15, 0.2) is 46.9 Å². The second kappa shape index (κ2) is 7.57. The van der Waals surface area contributed by atoms with Crippen molar-refractivity contribution in [3.05, 3.63) is 63.9 Å². The molecule has 4 heteroatoms. The van der Waals surface area contributed by atoms with Gasteiger partial charge in [0.2, 0.25) is 0 Å². The van der Waals surface area contributed by atoms with Gasteiger partial charge in [0.1, 0.15) is 18.2 Å². The van der Waals surface area contributed by atoms with Gasteiger partial charge < -0.3 is 10.1 Å². The van der Waals surface area contributed by atoms with E-state index in [1.807, 2.05) is 30.3 Å². The van der Waals surface area contributed by atoms with Gasteiger partial charge in [-0.2, -0.15) is 0 Å². The average molecular weight is 352 g/mol. The second-order valence-electron chi connectivity index (χ2n) is 5.17. The Bertz CT molecular complexity index is 601. The summed E-state index contributed by atoms with van der Waals surface area (Å²) >= 11 is 3.25. The lowest BCUT2D eigenvalue weighted by Crippen LogP contribution is -2.22. The van der Waals surface area contributed by atoms with E-state index in [9.17, 15) is 4.39 Å². The van der Waals surface area contributed by atoms with Crippen molar-refractivity contribution in [3.8, 4) is 5.75 Å². The molecule has 2 aromatic rings. The molecule has 0 unspecified atom stereocenters. The van der Waals surface area contributed by atoms with Crippen LogP contribution in [0.5, 0.6) is 5.75 Å². The normalized spacial score (nSPS) is 10.9. The summed E-state index contributed by atoms with van der Waals surface area (Å²) in [6.07, 6.45) is 0. The fourth-order valence-electron chi connectivity index (χ4n) is 1.90. The lowest BCUT2D eigenvalue weighted by Gasteiger charge is -2.14. The largest absolute Gasteiger partial charge is 0.488 e. The van der Waals surface area contributed by atoms with Gasteiger partial charge in [-0.25, -0.2) is 4.39 Å². The van der Waals surface area contributed by atoms with Crippen molar-refractivity contribution in [3.63, 3.8) is 0 Å². The molecule has 0 amide bonds. The average Bonchev–Trinajstić information content (AvgIpc) is 2.45. The van der Waals surface area contributed by atoms with E-state index in [1.165, 1.54) is 6.07 Å². The highest BCUT2D eigenvalue weighted by atomic mass is 79.9. The number of hydrogen-bond donors (Lipinski definition) is 1. The van der Waals surface area contributed by atoms with Crippen molar-refractivity contribution in [1.82, 2.24) is 5.32 Å². The predicted octanol–water partition coefficient (Wildman–Crippen LogP) is 4.67. The summed E-state index contributed by atoms with van der Waals surface area (Å²) in [6, 6.07) is 13.2. The minimum atomic E-state index is -0.262. The van der Waals surface area contributed by atoms with Crippen molar-refractivity contribution in [2.45, 2.75) is 33.0 Å². The molecule has 0 heterocycles. The molecule has 0 fully saturated rings. The highest BCUT2D eigenvalue weighted by Crippen LogP contribution is 2.21. The molecule has 2 rings (SSSR count). The first-order chi connectivity index (χ1) is 10.1. The van der Waals surface area contributed by atoms with Gasteiger partial charge >= 0.3 is 0 Å². The third-order valence-corrected chi connectivity index (χ3v) is 3.56. The van der Waals surface area contributed by atoms with Crippen LogP contribution in [0.4, 0.5) is 4.39 Å². The second-order valence-corrected chi connectivity index (χ2v) is 6.08. The number of rotatable bonds is 6. The van der Waals surface area contributed by atoms with Crippen molar-refractivity contribution < 1.29 is 9.13 Å². The van der Waals surface area contributed by atoms with E-state index >= 15 is 0 Å². The van der Waals surface area contributed by atoms with Crippen LogP contribution in [-0.4, -0.2) is 6.04 Å². The van der Waals surface area contributed by atoms with E-state index in [2.05, 4.69) is 35.1 Å². The van der Waals surface area contributed by atoms with E-state index in [4.69, 9.17) is 4.74 Å². The summed E-state index contributed by atoms with van der Waals surface area (Å²) in [5, 5.41) is 3.36. The molecule has 2 nitrogen and oxygen atoms in total. The summed E-state index contributed by atoms with van der Waals surface area (Å²) in [5.41, 5.74) is 1.62. The zero-order valence-corrected chi connectivity index (χ0v) is 13.8. The lowest BCUT2D eigenvalue weighted by atomic mass is 10.2. The Morgan fingerprint density at radius 3 is 2.62 bits per heavy atom. The quantitative estimate of drug-likeness (QED) is 0.816. The topological polar surface area (TPSA) is 21.3 Å². The maximum absolute atomic E-state index is 13.8. The van der Waals surface area contributed by atoms with Crippen LogP contribution in [0.3, 0.4) is 0 Å². The number of halogens is 2. The Kier molecular flexibility index (Phi) is 5.76. The van der Waals surface area contributed by atoms with Gasteiger partial charge in [0, 0.05) is 28.2 Å². The molecule has 0 spiro atoms. The first-order valence-corrected chi connectivity index (χ1v) is 7.73. The SMILES string of the molecule is CC(C)NCc1ccccc1OCc1ccc(Br)cc1F. The van der Waals surface area contributed by atoms with Crippen molar-refractivity contribution in [2.24, 2.45) is 0 Å². The lowest BCUT2D eigenvalue weighted by molar-refractivity contribution is 0.295. The van der Waals surface area contributed by atoms with Gasteiger partial charge in [-0.1, -0.05) is 54.0 Å². The van der Waals surface area contributed by atoms with Crippen LogP contribution in [0, 0.1) is 5.82 Å². The van der Waals surface area contributed by atoms with Crippen molar-refractivity contribution in [1.29, 1.82) is 0 Å². The van der Waals surface area contributed by atoms with Crippen molar-refractivity contribution in [2.75, 3.05) is 0 Å². The Morgan fingerprint density at radius 1 is 1.14 bits per heavy atom. The molecule has 1 N–H and O–H groups in total. The predicted molar refractivity (Wildman–Crippen MR) is 86.8 cm³/mol. The summed E-state index contributed by atoms with van der Waals surface area (Å²) < 4.78 is 20.3. The molecular weight excluding hydrogens is 333 g/mol. The van der Waals surface area contributed by atoms with Crippen LogP contribution >= 0.6 is 15.9 Å². The zero-order valence-electron chi connectivity index (χ0n) is 12.2. The summed E-state index contributed by atoms with van der Waals surface area (Å²) in [4.78, 5) is 0. The first kappa shape index (κ1) is 16.0. The molecule has 0 radical (unpaired) electrons. The highest BCUT2D eigenvalue weighted by Gasteiger charge is 2.07. The van der Waals surface area contributed by atoms with Gasteiger partial charge in [-0.3, -0.25) is 0 Å². The fourth-order valence-corrected chi connectivity index (χ4v) is 2.23. The molecule has 0 aromatic heterocycles. The molecule has 0 aliphatic rings. The van der Waals surface area contributed by atoms with Crippen LogP contribution < -0.4 is 10.1 Å². The van der Waals surface area contributed by atoms with Gasteiger partial charge in [0.25, 0.3) is 0 Å². The van der Waals surface area contributed by atoms with Gasteiger partial charge in [-0.05, 0) is 18.2 Å². The molecular formula is C17H19BrFNO. The number of para-hydroxylation sites is 1. The summed E-state index contributed by atoms with van der Waals surface area (Å²) in [6.45, 7) is 5.15. The van der Waals surface area contributed by atoms with E-state index in [0.29, 0.717) is 11.6 Å². The highest BCUT2D eigenvalue weighted by molar-refractivity contribution is 9.10. The fraction of sp³-hybridized carbons (Fsp3) is 0.294. The molecule has 0 saturated heterocycles. The number of hydrogen-bond acceptors (Lipinski definition) is 2. The number of ether oxygens (including phenoxy) is 1. The van der Waals surface area contributed by atoms with E-state index in [-0.39, 0.29) is 12.4 Å². The number of nitrogens with one attached hydrogen (secondary N) is 1. The smallest absolute Gasteiger partial charge is 0.130 e. The minimum absolute atomic E-state index is 0.220. The third-order valence-electron chi connectivity index (χ3n) is 3.07. The monoisotopic (exact) mass is 351 g/mol. The molecule has 0 aliphatic carbocycles. The first-order valence-electron chi connectivity index (χ1n) is 6.94. The van der Waals surface area contributed by atoms with Gasteiger partial charge in [0.15, 0.2) is 0 Å². The molecule has 0 bridgehead atoms. The molecule has 0 atom stereocenters. The van der Waals surface area contributed by atoms with Crippen LogP contribution in [0.2, 0.25) is 0 Å².